The Labute approximate surface area is 111 Å². The van der Waals surface area contributed by atoms with Gasteiger partial charge in [0.2, 0.25) is 0 Å². The summed E-state index contributed by atoms with van der Waals surface area (Å²) in [7, 11) is 3.75. The SMILES string of the molecule is COCCNCCN(C)c1ncc(C)cc1Br. The van der Waals surface area contributed by atoms with Gasteiger partial charge in [-0.05, 0) is 34.5 Å². The Morgan fingerprint density at radius 1 is 1.47 bits per heavy atom. The molecule has 0 unspecified atom stereocenters. The van der Waals surface area contributed by atoms with Crippen LogP contribution in [0.3, 0.4) is 0 Å². The molecule has 1 heterocycles. The van der Waals surface area contributed by atoms with Gasteiger partial charge in [-0.25, -0.2) is 4.98 Å². The third kappa shape index (κ3) is 5.02. The van der Waals surface area contributed by atoms with Crippen LogP contribution in [0.25, 0.3) is 0 Å². The van der Waals surface area contributed by atoms with E-state index in [1.807, 2.05) is 20.2 Å². The first-order valence-corrected chi connectivity index (χ1v) is 6.47. The van der Waals surface area contributed by atoms with E-state index in [0.717, 1.165) is 42.1 Å². The molecule has 96 valence electrons. The number of pyridine rings is 1. The highest BCUT2D eigenvalue weighted by Gasteiger charge is 2.06. The fourth-order valence-corrected chi connectivity index (χ4v) is 2.23. The smallest absolute Gasteiger partial charge is 0.142 e. The predicted octanol–water partition coefficient (Wildman–Crippen LogP) is 1.82. The van der Waals surface area contributed by atoms with Gasteiger partial charge in [-0.3, -0.25) is 0 Å². The maximum Gasteiger partial charge on any atom is 0.142 e. The molecule has 0 bridgehead atoms. The van der Waals surface area contributed by atoms with Gasteiger partial charge in [0.15, 0.2) is 0 Å². The lowest BCUT2D eigenvalue weighted by molar-refractivity contribution is 0.200. The van der Waals surface area contributed by atoms with E-state index in [9.17, 15) is 0 Å². The molecule has 0 saturated heterocycles. The fourth-order valence-electron chi connectivity index (χ4n) is 1.46. The molecule has 0 aliphatic rings. The molecular formula is C12H20BrN3O. The first-order chi connectivity index (χ1) is 8.15. The van der Waals surface area contributed by atoms with Gasteiger partial charge in [-0.1, -0.05) is 0 Å². The summed E-state index contributed by atoms with van der Waals surface area (Å²) in [6.45, 7) is 5.50. The zero-order valence-corrected chi connectivity index (χ0v) is 12.2. The topological polar surface area (TPSA) is 37.4 Å². The predicted molar refractivity (Wildman–Crippen MR) is 74.7 cm³/mol. The van der Waals surface area contributed by atoms with E-state index in [2.05, 4.69) is 37.2 Å². The van der Waals surface area contributed by atoms with Gasteiger partial charge < -0.3 is 15.0 Å². The molecule has 0 atom stereocenters. The second kappa shape index (κ2) is 7.63. The molecule has 0 fully saturated rings. The molecule has 5 heteroatoms. The van der Waals surface area contributed by atoms with E-state index in [1.165, 1.54) is 0 Å². The highest BCUT2D eigenvalue weighted by Crippen LogP contribution is 2.22. The maximum absolute atomic E-state index is 4.97. The zero-order chi connectivity index (χ0) is 12.7. The Kier molecular flexibility index (Phi) is 6.47. The van der Waals surface area contributed by atoms with Crippen LogP contribution in [0.5, 0.6) is 0 Å². The lowest BCUT2D eigenvalue weighted by atomic mass is 10.3. The van der Waals surface area contributed by atoms with Crippen molar-refractivity contribution in [2.24, 2.45) is 0 Å². The molecule has 0 saturated carbocycles. The molecule has 17 heavy (non-hydrogen) atoms. The summed E-state index contributed by atoms with van der Waals surface area (Å²) in [5.74, 6) is 0.976. The van der Waals surface area contributed by atoms with Crippen molar-refractivity contribution < 1.29 is 4.74 Å². The summed E-state index contributed by atoms with van der Waals surface area (Å²) in [6, 6.07) is 2.08. The van der Waals surface area contributed by atoms with Crippen LogP contribution in [0.2, 0.25) is 0 Å². The number of nitrogens with zero attached hydrogens (tertiary/aromatic N) is 2. The number of hydrogen-bond donors (Lipinski definition) is 1. The normalized spacial score (nSPS) is 10.6. The van der Waals surface area contributed by atoms with Gasteiger partial charge in [0.25, 0.3) is 0 Å². The first-order valence-electron chi connectivity index (χ1n) is 5.68. The number of methoxy groups -OCH3 is 1. The van der Waals surface area contributed by atoms with E-state index in [1.54, 1.807) is 7.11 Å². The van der Waals surface area contributed by atoms with Crippen molar-refractivity contribution in [2.75, 3.05) is 45.3 Å². The van der Waals surface area contributed by atoms with Crippen molar-refractivity contribution in [1.82, 2.24) is 10.3 Å². The van der Waals surface area contributed by atoms with Crippen molar-refractivity contribution >= 4 is 21.7 Å². The van der Waals surface area contributed by atoms with Crippen LogP contribution in [0.4, 0.5) is 5.82 Å². The molecule has 1 N–H and O–H groups in total. The molecule has 0 aromatic carbocycles. The molecule has 1 aromatic heterocycles. The number of aromatic nitrogens is 1. The van der Waals surface area contributed by atoms with E-state index in [4.69, 9.17) is 4.74 Å². The Morgan fingerprint density at radius 3 is 2.88 bits per heavy atom. The number of rotatable bonds is 7. The summed E-state index contributed by atoms with van der Waals surface area (Å²) >= 11 is 3.54. The fraction of sp³-hybridized carbons (Fsp3) is 0.583. The molecule has 1 aromatic rings. The van der Waals surface area contributed by atoms with Crippen molar-refractivity contribution in [2.45, 2.75) is 6.92 Å². The van der Waals surface area contributed by atoms with E-state index >= 15 is 0 Å². The lowest BCUT2D eigenvalue weighted by Gasteiger charge is -2.19. The molecule has 0 radical (unpaired) electrons. The van der Waals surface area contributed by atoms with E-state index < -0.39 is 0 Å². The van der Waals surface area contributed by atoms with Crippen LogP contribution < -0.4 is 10.2 Å². The zero-order valence-electron chi connectivity index (χ0n) is 10.7. The molecule has 0 aliphatic heterocycles. The summed E-state index contributed by atoms with van der Waals surface area (Å²) in [4.78, 5) is 6.55. The lowest BCUT2D eigenvalue weighted by Crippen LogP contribution is -2.31. The van der Waals surface area contributed by atoms with Crippen molar-refractivity contribution in [3.63, 3.8) is 0 Å². The number of nitrogens with one attached hydrogen (secondary N) is 1. The van der Waals surface area contributed by atoms with Crippen LogP contribution in [-0.4, -0.2) is 45.4 Å². The molecular weight excluding hydrogens is 282 g/mol. The number of halogens is 1. The molecule has 0 spiro atoms. The molecule has 1 rings (SSSR count). The summed E-state index contributed by atoms with van der Waals surface area (Å²) in [5, 5.41) is 3.31. The number of hydrogen-bond acceptors (Lipinski definition) is 4. The minimum Gasteiger partial charge on any atom is -0.383 e. The number of ether oxygens (including phenoxy) is 1. The molecule has 0 aliphatic carbocycles. The summed E-state index contributed by atoms with van der Waals surface area (Å²) in [5.41, 5.74) is 1.16. The third-order valence-electron chi connectivity index (χ3n) is 2.43. The summed E-state index contributed by atoms with van der Waals surface area (Å²) < 4.78 is 6.01. The minimum absolute atomic E-state index is 0.746. The monoisotopic (exact) mass is 301 g/mol. The van der Waals surface area contributed by atoms with Gasteiger partial charge >= 0.3 is 0 Å². The second-order valence-corrected chi connectivity index (χ2v) is 4.84. The van der Waals surface area contributed by atoms with Gasteiger partial charge in [0, 0.05) is 40.0 Å². The standard InChI is InChI=1S/C12H20BrN3O/c1-10-8-11(13)12(15-9-10)16(2)6-4-14-5-7-17-3/h8-9,14H,4-7H2,1-3H3. The van der Waals surface area contributed by atoms with Crippen LogP contribution >= 0.6 is 15.9 Å². The highest BCUT2D eigenvalue weighted by atomic mass is 79.9. The van der Waals surface area contributed by atoms with Gasteiger partial charge in [-0.2, -0.15) is 0 Å². The quantitative estimate of drug-likeness (QED) is 0.780. The van der Waals surface area contributed by atoms with Crippen molar-refractivity contribution in [1.29, 1.82) is 0 Å². The van der Waals surface area contributed by atoms with Crippen molar-refractivity contribution in [3.8, 4) is 0 Å². The largest absolute Gasteiger partial charge is 0.383 e. The number of likely N-dealkylation sites (N-methyl/N-ethyl adjacent to an activating group) is 1. The molecule has 0 amide bonds. The summed E-state index contributed by atoms with van der Waals surface area (Å²) in [6.07, 6.45) is 1.88. The minimum atomic E-state index is 0.746. The van der Waals surface area contributed by atoms with Gasteiger partial charge in [0.05, 0.1) is 11.1 Å². The average molecular weight is 302 g/mol. The van der Waals surface area contributed by atoms with Gasteiger partial charge in [0.1, 0.15) is 5.82 Å². The Balaban J connectivity index is 2.38. The number of aryl methyl sites for hydroxylation is 1. The van der Waals surface area contributed by atoms with Crippen LogP contribution in [0, 0.1) is 6.92 Å². The van der Waals surface area contributed by atoms with Gasteiger partial charge in [-0.15, -0.1) is 0 Å². The van der Waals surface area contributed by atoms with Crippen molar-refractivity contribution in [3.05, 3.63) is 22.3 Å². The third-order valence-corrected chi connectivity index (χ3v) is 3.01. The Bertz CT molecular complexity index is 347. The van der Waals surface area contributed by atoms with E-state index in [0.29, 0.717) is 0 Å². The van der Waals surface area contributed by atoms with Crippen LogP contribution in [0.1, 0.15) is 5.56 Å². The second-order valence-electron chi connectivity index (χ2n) is 3.98. The highest BCUT2D eigenvalue weighted by molar-refractivity contribution is 9.10. The van der Waals surface area contributed by atoms with Crippen LogP contribution in [-0.2, 0) is 4.74 Å². The Morgan fingerprint density at radius 2 is 2.24 bits per heavy atom. The first kappa shape index (κ1) is 14.4. The number of anilines is 1. The van der Waals surface area contributed by atoms with E-state index in [-0.39, 0.29) is 0 Å². The maximum atomic E-state index is 4.97. The van der Waals surface area contributed by atoms with Crippen LogP contribution in [0.15, 0.2) is 16.7 Å². The Hall–Kier alpha value is -0.650. The molecule has 4 nitrogen and oxygen atoms in total. The average Bonchev–Trinajstić information content (AvgIpc) is 2.28.